The van der Waals surface area contributed by atoms with Crippen molar-refractivity contribution in [3.8, 4) is 5.75 Å². The first-order chi connectivity index (χ1) is 11.8. The van der Waals surface area contributed by atoms with E-state index in [1.54, 1.807) is 0 Å². The van der Waals surface area contributed by atoms with Crippen LogP contribution in [0.2, 0.25) is 0 Å². The maximum absolute atomic E-state index is 12.1. The number of rotatable bonds is 5. The lowest BCUT2D eigenvalue weighted by Crippen LogP contribution is -2.28. The molecule has 0 saturated heterocycles. The maximum atomic E-state index is 12.1. The molecule has 0 spiro atoms. The minimum Gasteiger partial charge on any atom is -0.485 e. The molecule has 0 aromatic carbocycles. The Morgan fingerprint density at radius 3 is 2.64 bits per heavy atom. The van der Waals surface area contributed by atoms with Crippen LogP contribution in [0.1, 0.15) is 26.5 Å². The van der Waals surface area contributed by atoms with Gasteiger partial charge in [-0.05, 0) is 18.2 Å². The van der Waals surface area contributed by atoms with E-state index in [-0.39, 0.29) is 23.6 Å². The van der Waals surface area contributed by atoms with Gasteiger partial charge in [-0.2, -0.15) is 13.2 Å². The number of alkyl halides is 3. The van der Waals surface area contributed by atoms with Crippen molar-refractivity contribution < 1.29 is 37.0 Å². The van der Waals surface area contributed by atoms with Gasteiger partial charge in [0.2, 0.25) is 0 Å². The molecule has 0 atom stereocenters. The molecule has 2 rings (SSSR count). The van der Waals surface area contributed by atoms with Crippen LogP contribution in [0.3, 0.4) is 0 Å². The number of esters is 2. The third-order valence-electron chi connectivity index (χ3n) is 2.75. The van der Waals surface area contributed by atoms with Crippen LogP contribution in [-0.4, -0.2) is 34.4 Å². The lowest BCUT2D eigenvalue weighted by atomic mass is 10.2. The van der Waals surface area contributed by atoms with Crippen LogP contribution >= 0.6 is 0 Å². The highest BCUT2D eigenvalue weighted by Crippen LogP contribution is 2.18. The van der Waals surface area contributed by atoms with Crippen molar-refractivity contribution in [1.82, 2.24) is 9.97 Å². The standard InChI is InChI=1S/C15H9F3N2O5/c16-15(17,18)14(23)25-13(22)11-3-1-2-10(20-11)8-24-12-6-19-5-4-9(12)7-21/h1-7H,8H2. The molecule has 0 amide bonds. The van der Waals surface area contributed by atoms with Gasteiger partial charge in [-0.15, -0.1) is 0 Å². The first-order valence-corrected chi connectivity index (χ1v) is 6.62. The topological polar surface area (TPSA) is 95.5 Å². The van der Waals surface area contributed by atoms with E-state index >= 15 is 0 Å². The minimum atomic E-state index is -5.29. The largest absolute Gasteiger partial charge is 0.491 e. The number of carbonyl (C=O) groups is 3. The Morgan fingerprint density at radius 2 is 1.96 bits per heavy atom. The highest BCUT2D eigenvalue weighted by Gasteiger charge is 2.42. The summed E-state index contributed by atoms with van der Waals surface area (Å²) in [7, 11) is 0. The SMILES string of the molecule is O=Cc1ccncc1OCc1cccc(C(=O)OC(=O)C(F)(F)F)n1. The molecule has 0 N–H and O–H groups in total. The number of aldehydes is 1. The van der Waals surface area contributed by atoms with Crippen molar-refractivity contribution in [1.29, 1.82) is 0 Å². The summed E-state index contributed by atoms with van der Waals surface area (Å²) in [5.41, 5.74) is -0.101. The highest BCUT2D eigenvalue weighted by molar-refractivity contribution is 5.96. The summed E-state index contributed by atoms with van der Waals surface area (Å²) in [4.78, 5) is 40.6. The Hall–Kier alpha value is -3.30. The highest BCUT2D eigenvalue weighted by atomic mass is 19.4. The second-order valence-electron chi connectivity index (χ2n) is 4.51. The van der Waals surface area contributed by atoms with E-state index < -0.39 is 23.8 Å². The predicted molar refractivity (Wildman–Crippen MR) is 74.7 cm³/mol. The fraction of sp³-hybridized carbons (Fsp3) is 0.133. The maximum Gasteiger partial charge on any atom is 0.491 e. The van der Waals surface area contributed by atoms with Gasteiger partial charge in [0, 0.05) is 6.20 Å². The molecule has 2 aromatic heterocycles. The van der Waals surface area contributed by atoms with Crippen molar-refractivity contribution >= 4 is 18.2 Å². The van der Waals surface area contributed by atoms with E-state index in [2.05, 4.69) is 14.7 Å². The minimum absolute atomic E-state index is 0.162. The average Bonchev–Trinajstić information content (AvgIpc) is 2.59. The van der Waals surface area contributed by atoms with Crippen LogP contribution in [0.4, 0.5) is 13.2 Å². The Labute approximate surface area is 138 Å². The molecule has 2 aromatic rings. The molecule has 0 saturated carbocycles. The number of hydrogen-bond acceptors (Lipinski definition) is 7. The van der Waals surface area contributed by atoms with E-state index in [1.165, 1.54) is 30.6 Å². The van der Waals surface area contributed by atoms with Crippen LogP contribution in [0.15, 0.2) is 36.7 Å². The van der Waals surface area contributed by atoms with Gasteiger partial charge < -0.3 is 9.47 Å². The van der Waals surface area contributed by atoms with E-state index in [9.17, 15) is 27.6 Å². The second-order valence-corrected chi connectivity index (χ2v) is 4.51. The molecule has 0 bridgehead atoms. The molecular weight excluding hydrogens is 345 g/mol. The van der Waals surface area contributed by atoms with Crippen LogP contribution in [0.5, 0.6) is 5.75 Å². The molecule has 0 fully saturated rings. The molecule has 0 aliphatic carbocycles. The molecule has 0 aliphatic rings. The quantitative estimate of drug-likeness (QED) is 0.461. The number of carbonyl (C=O) groups excluding carboxylic acids is 3. The van der Waals surface area contributed by atoms with Crippen LogP contribution in [0, 0.1) is 0 Å². The first kappa shape index (κ1) is 18.0. The summed E-state index contributed by atoms with van der Waals surface area (Å²) >= 11 is 0. The van der Waals surface area contributed by atoms with E-state index in [0.29, 0.717) is 6.29 Å². The fourth-order valence-corrected chi connectivity index (χ4v) is 1.63. The predicted octanol–water partition coefficient (Wildman–Crippen LogP) is 2.11. The summed E-state index contributed by atoms with van der Waals surface area (Å²) < 4.78 is 45.3. The number of nitrogens with zero attached hydrogens (tertiary/aromatic N) is 2. The van der Waals surface area contributed by atoms with Gasteiger partial charge in [0.05, 0.1) is 17.5 Å². The molecular formula is C15H9F3N2O5. The Kier molecular flexibility index (Phi) is 5.42. The van der Waals surface area contributed by atoms with E-state index in [1.807, 2.05) is 0 Å². The number of halogens is 3. The van der Waals surface area contributed by atoms with Crippen molar-refractivity contribution in [2.75, 3.05) is 0 Å². The van der Waals surface area contributed by atoms with Crippen LogP contribution in [-0.2, 0) is 16.1 Å². The Balaban J connectivity index is 2.07. The molecule has 7 nitrogen and oxygen atoms in total. The van der Waals surface area contributed by atoms with Gasteiger partial charge in [0.1, 0.15) is 18.1 Å². The van der Waals surface area contributed by atoms with E-state index in [0.717, 1.165) is 6.07 Å². The van der Waals surface area contributed by atoms with Crippen molar-refractivity contribution in [2.45, 2.75) is 12.8 Å². The monoisotopic (exact) mass is 354 g/mol. The molecule has 0 aliphatic heterocycles. The molecule has 0 radical (unpaired) electrons. The Bertz CT molecular complexity index is 808. The molecule has 10 heteroatoms. The number of ether oxygens (including phenoxy) is 2. The van der Waals surface area contributed by atoms with Crippen molar-refractivity contribution in [3.05, 3.63) is 53.6 Å². The van der Waals surface area contributed by atoms with Gasteiger partial charge in [-0.1, -0.05) is 6.07 Å². The van der Waals surface area contributed by atoms with Gasteiger partial charge >= 0.3 is 18.1 Å². The zero-order valence-electron chi connectivity index (χ0n) is 12.3. The molecule has 2 heterocycles. The first-order valence-electron chi connectivity index (χ1n) is 6.62. The van der Waals surface area contributed by atoms with Gasteiger partial charge in [0.25, 0.3) is 0 Å². The molecule has 130 valence electrons. The smallest absolute Gasteiger partial charge is 0.485 e. The number of pyridine rings is 2. The Morgan fingerprint density at radius 1 is 1.20 bits per heavy atom. The zero-order valence-corrected chi connectivity index (χ0v) is 12.3. The molecule has 25 heavy (non-hydrogen) atoms. The summed E-state index contributed by atoms with van der Waals surface area (Å²) in [6.45, 7) is -0.194. The lowest BCUT2D eigenvalue weighted by Gasteiger charge is -2.08. The summed E-state index contributed by atoms with van der Waals surface area (Å²) in [5, 5.41) is 0. The molecule has 0 unspecified atom stereocenters. The normalized spacial score (nSPS) is 10.8. The lowest BCUT2D eigenvalue weighted by molar-refractivity contribution is -0.193. The zero-order chi connectivity index (χ0) is 18.4. The third-order valence-corrected chi connectivity index (χ3v) is 2.75. The summed E-state index contributed by atoms with van der Waals surface area (Å²) in [5.74, 6) is -4.01. The second kappa shape index (κ2) is 7.51. The summed E-state index contributed by atoms with van der Waals surface area (Å²) in [6.07, 6.45) is -2.05. The fourth-order valence-electron chi connectivity index (χ4n) is 1.63. The number of hydrogen-bond donors (Lipinski definition) is 0. The van der Waals surface area contributed by atoms with Crippen molar-refractivity contribution in [2.24, 2.45) is 0 Å². The third kappa shape index (κ3) is 4.83. The number of aromatic nitrogens is 2. The van der Waals surface area contributed by atoms with Gasteiger partial charge in [0.15, 0.2) is 6.29 Å². The van der Waals surface area contributed by atoms with E-state index in [4.69, 9.17) is 4.74 Å². The van der Waals surface area contributed by atoms with Crippen LogP contribution in [0.25, 0.3) is 0 Å². The van der Waals surface area contributed by atoms with Gasteiger partial charge in [-0.3, -0.25) is 9.78 Å². The average molecular weight is 354 g/mol. The van der Waals surface area contributed by atoms with Crippen molar-refractivity contribution in [3.63, 3.8) is 0 Å². The van der Waals surface area contributed by atoms with Gasteiger partial charge in [-0.25, -0.2) is 14.6 Å². The summed E-state index contributed by atoms with van der Waals surface area (Å²) in [6, 6.07) is 5.26. The van der Waals surface area contributed by atoms with Crippen LogP contribution < -0.4 is 4.74 Å².